The van der Waals surface area contributed by atoms with E-state index in [0.29, 0.717) is 6.42 Å². The van der Waals surface area contributed by atoms with E-state index in [1.165, 1.54) is 4.90 Å². The van der Waals surface area contributed by atoms with Gasteiger partial charge in [-0.1, -0.05) is 77.6 Å². The number of hydrogen-bond donors (Lipinski definition) is 3. The van der Waals surface area contributed by atoms with Gasteiger partial charge in [-0.05, 0) is 36.8 Å². The third-order valence-electron chi connectivity index (χ3n) is 7.57. The first-order valence-corrected chi connectivity index (χ1v) is 15.4. The van der Waals surface area contributed by atoms with Crippen LogP contribution in [0.5, 0.6) is 0 Å². The van der Waals surface area contributed by atoms with Gasteiger partial charge in [-0.3, -0.25) is 14.4 Å². The molecule has 1 fully saturated rings. The third-order valence-corrected chi connectivity index (χ3v) is 8.55. The van der Waals surface area contributed by atoms with Gasteiger partial charge >= 0.3 is 0 Å². The van der Waals surface area contributed by atoms with Crippen molar-refractivity contribution in [2.45, 2.75) is 111 Å². The molecule has 2 aromatic rings. The summed E-state index contributed by atoms with van der Waals surface area (Å²) in [5, 5.41) is 16.4. The van der Waals surface area contributed by atoms with Gasteiger partial charge < -0.3 is 20.6 Å². The second-order valence-electron chi connectivity index (χ2n) is 12.0. The van der Waals surface area contributed by atoms with E-state index in [2.05, 4.69) is 22.5 Å². The van der Waals surface area contributed by atoms with E-state index in [9.17, 15) is 19.5 Å². The first-order valence-electron chi connectivity index (χ1n) is 14.5. The number of nitrogens with zero attached hydrogens (tertiary/aromatic N) is 2. The van der Waals surface area contributed by atoms with E-state index in [-0.39, 0.29) is 36.7 Å². The number of carbonyl (C=O) groups is 3. The van der Waals surface area contributed by atoms with Crippen molar-refractivity contribution in [3.63, 3.8) is 0 Å². The Morgan fingerprint density at radius 1 is 1.10 bits per heavy atom. The number of aliphatic hydroxyl groups excluding tert-OH is 1. The Labute approximate surface area is 243 Å². The molecule has 3 rings (SSSR count). The number of β-amino-alcohol motifs (C(OH)–C–C–N with tert-alkyl or cyclic N) is 1. The van der Waals surface area contributed by atoms with E-state index in [1.807, 2.05) is 64.4 Å². The van der Waals surface area contributed by atoms with E-state index in [0.717, 1.165) is 53.8 Å². The summed E-state index contributed by atoms with van der Waals surface area (Å²) in [6.45, 7) is 11.8. The maximum absolute atomic E-state index is 13.8. The molecule has 0 radical (unpaired) electrons. The van der Waals surface area contributed by atoms with Crippen LogP contribution in [0.25, 0.3) is 10.4 Å². The number of likely N-dealkylation sites (tertiary alicyclic amines) is 1. The number of hydrogen-bond acceptors (Lipinski definition) is 6. The van der Waals surface area contributed by atoms with Crippen LogP contribution in [0.4, 0.5) is 0 Å². The second kappa shape index (κ2) is 14.2. The van der Waals surface area contributed by atoms with Crippen molar-refractivity contribution in [3.8, 4) is 10.4 Å². The van der Waals surface area contributed by atoms with E-state index >= 15 is 0 Å². The Kier molecular flexibility index (Phi) is 11.3. The number of aliphatic hydroxyl groups is 1. The highest BCUT2D eigenvalue weighted by Gasteiger charge is 2.44. The number of unbranched alkanes of at least 4 members (excludes halogenated alkanes) is 4. The van der Waals surface area contributed by atoms with Gasteiger partial charge in [0.05, 0.1) is 28.2 Å². The van der Waals surface area contributed by atoms with E-state index in [4.69, 9.17) is 0 Å². The first-order chi connectivity index (χ1) is 18.9. The number of rotatable bonds is 12. The number of nitrogens with one attached hydrogen (secondary N) is 2. The molecule has 0 spiro atoms. The van der Waals surface area contributed by atoms with Gasteiger partial charge in [-0.2, -0.15) is 0 Å². The molecule has 220 valence electrons. The fourth-order valence-corrected chi connectivity index (χ4v) is 5.95. The van der Waals surface area contributed by atoms with Crippen molar-refractivity contribution < 1.29 is 19.5 Å². The highest BCUT2D eigenvalue weighted by molar-refractivity contribution is 7.13. The average molecular weight is 571 g/mol. The maximum atomic E-state index is 13.8. The number of aryl methyl sites for hydroxylation is 1. The van der Waals surface area contributed by atoms with Crippen molar-refractivity contribution in [3.05, 3.63) is 41.0 Å². The lowest BCUT2D eigenvalue weighted by atomic mass is 9.85. The fourth-order valence-electron chi connectivity index (χ4n) is 5.14. The van der Waals surface area contributed by atoms with Crippen LogP contribution in [-0.4, -0.2) is 57.4 Å². The average Bonchev–Trinajstić information content (AvgIpc) is 3.51. The van der Waals surface area contributed by atoms with Crippen LogP contribution in [-0.2, 0) is 14.4 Å². The second-order valence-corrected chi connectivity index (χ2v) is 12.9. The van der Waals surface area contributed by atoms with Gasteiger partial charge in [0.15, 0.2) is 0 Å². The molecule has 1 aromatic carbocycles. The Bertz CT molecular complexity index is 1140. The van der Waals surface area contributed by atoms with Gasteiger partial charge in [-0.25, -0.2) is 4.98 Å². The van der Waals surface area contributed by atoms with Crippen molar-refractivity contribution in [2.24, 2.45) is 5.41 Å². The molecule has 40 heavy (non-hydrogen) atoms. The van der Waals surface area contributed by atoms with Crippen molar-refractivity contribution in [2.75, 3.05) is 6.54 Å². The van der Waals surface area contributed by atoms with Gasteiger partial charge in [0.2, 0.25) is 17.7 Å². The molecule has 9 heteroatoms. The van der Waals surface area contributed by atoms with E-state index < -0.39 is 23.6 Å². The van der Waals surface area contributed by atoms with Crippen LogP contribution in [0, 0.1) is 12.3 Å². The zero-order valence-corrected chi connectivity index (χ0v) is 25.6. The molecule has 0 aliphatic carbocycles. The van der Waals surface area contributed by atoms with Crippen LogP contribution in [0.1, 0.15) is 96.9 Å². The molecule has 0 bridgehead atoms. The molecule has 2 heterocycles. The summed E-state index contributed by atoms with van der Waals surface area (Å²) in [6.07, 6.45) is 4.90. The molecule has 3 N–H and O–H groups in total. The predicted octanol–water partition coefficient (Wildman–Crippen LogP) is 5.15. The van der Waals surface area contributed by atoms with E-state index in [1.54, 1.807) is 11.3 Å². The van der Waals surface area contributed by atoms with Gasteiger partial charge in [0, 0.05) is 19.4 Å². The van der Waals surface area contributed by atoms with Crippen molar-refractivity contribution in [1.82, 2.24) is 20.5 Å². The summed E-state index contributed by atoms with van der Waals surface area (Å²) in [6, 6.07) is 6.13. The zero-order chi connectivity index (χ0) is 29.4. The van der Waals surface area contributed by atoms with Crippen LogP contribution in [0.2, 0.25) is 0 Å². The lowest BCUT2D eigenvalue weighted by Crippen LogP contribution is -2.57. The predicted molar refractivity (Wildman–Crippen MR) is 160 cm³/mol. The molecule has 0 unspecified atom stereocenters. The Balaban J connectivity index is 1.65. The quantitative estimate of drug-likeness (QED) is 0.306. The van der Waals surface area contributed by atoms with Crippen LogP contribution < -0.4 is 10.6 Å². The topological polar surface area (TPSA) is 112 Å². The summed E-state index contributed by atoms with van der Waals surface area (Å²) in [7, 11) is 0. The zero-order valence-electron chi connectivity index (χ0n) is 24.8. The Morgan fingerprint density at radius 2 is 1.77 bits per heavy atom. The highest BCUT2D eigenvalue weighted by atomic mass is 32.1. The number of carbonyl (C=O) groups excluding carboxylic acids is 3. The summed E-state index contributed by atoms with van der Waals surface area (Å²) in [5.41, 5.74) is 4.27. The monoisotopic (exact) mass is 570 g/mol. The Hall–Kier alpha value is -2.78. The Morgan fingerprint density at radius 3 is 2.38 bits per heavy atom. The normalized spacial score (nSPS) is 18.8. The number of benzene rings is 1. The van der Waals surface area contributed by atoms with Crippen molar-refractivity contribution >= 4 is 29.1 Å². The summed E-state index contributed by atoms with van der Waals surface area (Å²) in [5.74, 6) is -0.800. The first kappa shape index (κ1) is 31.7. The van der Waals surface area contributed by atoms with Crippen LogP contribution >= 0.6 is 11.3 Å². The number of aromatic nitrogens is 1. The summed E-state index contributed by atoms with van der Waals surface area (Å²) in [4.78, 5) is 46.8. The van der Waals surface area contributed by atoms with Gasteiger partial charge in [0.25, 0.3) is 0 Å². The highest BCUT2D eigenvalue weighted by Crippen LogP contribution is 2.29. The molecule has 1 aromatic heterocycles. The molecule has 1 saturated heterocycles. The smallest absolute Gasteiger partial charge is 0.246 e. The number of thiazole rings is 1. The molecule has 8 nitrogen and oxygen atoms in total. The third kappa shape index (κ3) is 8.36. The van der Waals surface area contributed by atoms with Gasteiger partial charge in [0.1, 0.15) is 12.1 Å². The van der Waals surface area contributed by atoms with Crippen LogP contribution in [0.3, 0.4) is 0 Å². The SMILES string of the molecule is CCCCCCCC(=O)N[C@H](C(=O)N1C[C@H](O)C[C@H]1C(=O)N[C@@H](C)c1ccc(-c2scnc2C)cc1)C(C)(C)C. The number of amides is 3. The van der Waals surface area contributed by atoms with Crippen LogP contribution in [0.15, 0.2) is 29.8 Å². The lowest BCUT2D eigenvalue weighted by molar-refractivity contribution is -0.144. The molecular weight excluding hydrogens is 524 g/mol. The molecule has 1 aliphatic heterocycles. The minimum atomic E-state index is -0.806. The summed E-state index contributed by atoms with van der Waals surface area (Å²) >= 11 is 1.59. The molecule has 0 saturated carbocycles. The largest absolute Gasteiger partial charge is 0.391 e. The minimum absolute atomic E-state index is 0.0632. The molecule has 3 amide bonds. The molecule has 1 aliphatic rings. The fraction of sp³-hybridized carbons (Fsp3) is 0.613. The lowest BCUT2D eigenvalue weighted by Gasteiger charge is -2.35. The van der Waals surface area contributed by atoms with Gasteiger partial charge in [-0.15, -0.1) is 11.3 Å². The minimum Gasteiger partial charge on any atom is -0.391 e. The molecule has 4 atom stereocenters. The maximum Gasteiger partial charge on any atom is 0.246 e. The standard InChI is InChI=1S/C31H46N4O4S/c1-7-8-9-10-11-12-26(37)34-28(31(4,5)6)30(39)35-18-24(36)17-25(35)29(38)33-20(2)22-13-15-23(16-14-22)27-21(3)32-19-40-27/h13-16,19-20,24-25,28,36H,7-12,17-18H2,1-6H3,(H,33,38)(H,34,37)/t20-,24+,25-,28+/m0/s1. The molecular formula is C31H46N4O4S. The van der Waals surface area contributed by atoms with Crippen molar-refractivity contribution in [1.29, 1.82) is 0 Å². The summed E-state index contributed by atoms with van der Waals surface area (Å²) < 4.78 is 0.